The van der Waals surface area contributed by atoms with E-state index in [1.807, 2.05) is 11.4 Å². The van der Waals surface area contributed by atoms with Crippen molar-refractivity contribution in [3.05, 3.63) is 11.4 Å². The number of hydrogen-bond donors (Lipinski definition) is 3. The fourth-order valence-corrected chi connectivity index (χ4v) is 2.09. The molecular weight excluding hydrogens is 226 g/mol. The monoisotopic (exact) mass is 239 g/mol. The minimum Gasteiger partial charge on any atom is -0.383 e. The van der Waals surface area contributed by atoms with E-state index < -0.39 is 0 Å². The summed E-state index contributed by atoms with van der Waals surface area (Å²) >= 11 is 1.55. The van der Waals surface area contributed by atoms with Crippen LogP contribution in [0, 0.1) is 0 Å². The van der Waals surface area contributed by atoms with E-state index in [-0.39, 0.29) is 0 Å². The van der Waals surface area contributed by atoms with Crippen LogP contribution in [0.25, 0.3) is 10.2 Å². The largest absolute Gasteiger partial charge is 0.383 e. The summed E-state index contributed by atoms with van der Waals surface area (Å²) in [5.41, 5.74) is 2.45. The highest BCUT2D eigenvalue weighted by Gasteiger charge is 2.07. The molecule has 6 nitrogen and oxygen atoms in total. The van der Waals surface area contributed by atoms with Gasteiger partial charge in [0.1, 0.15) is 10.6 Å². The number of nitrogens with zero attached hydrogens (tertiary/aromatic N) is 2. The van der Waals surface area contributed by atoms with Crippen molar-refractivity contribution < 1.29 is 4.74 Å². The van der Waals surface area contributed by atoms with Gasteiger partial charge in [-0.2, -0.15) is 4.98 Å². The minimum atomic E-state index is 0.412. The van der Waals surface area contributed by atoms with Crippen LogP contribution < -0.4 is 16.6 Å². The zero-order chi connectivity index (χ0) is 11.4. The van der Waals surface area contributed by atoms with Gasteiger partial charge in [-0.15, -0.1) is 11.3 Å². The lowest BCUT2D eigenvalue weighted by atomic mass is 10.4. The summed E-state index contributed by atoms with van der Waals surface area (Å²) in [5.74, 6) is 6.50. The van der Waals surface area contributed by atoms with E-state index in [1.54, 1.807) is 18.4 Å². The van der Waals surface area contributed by atoms with Crippen molar-refractivity contribution in [3.63, 3.8) is 0 Å². The van der Waals surface area contributed by atoms with Crippen LogP contribution in [0.15, 0.2) is 11.4 Å². The van der Waals surface area contributed by atoms with Crippen molar-refractivity contribution in [1.29, 1.82) is 0 Å². The van der Waals surface area contributed by atoms with E-state index in [4.69, 9.17) is 10.6 Å². The summed E-state index contributed by atoms with van der Waals surface area (Å²) in [7, 11) is 1.66. The van der Waals surface area contributed by atoms with Gasteiger partial charge in [-0.05, 0) is 11.4 Å². The minimum absolute atomic E-state index is 0.412. The first-order valence-corrected chi connectivity index (χ1v) is 5.68. The van der Waals surface area contributed by atoms with Crippen LogP contribution in [0.4, 0.5) is 11.8 Å². The van der Waals surface area contributed by atoms with Crippen LogP contribution in [-0.2, 0) is 4.74 Å². The Morgan fingerprint density at radius 2 is 2.38 bits per heavy atom. The first kappa shape index (κ1) is 11.1. The number of fused-ring (bicyclic) bond motifs is 1. The number of ether oxygens (including phenoxy) is 1. The van der Waals surface area contributed by atoms with Gasteiger partial charge in [0.05, 0.1) is 12.0 Å². The molecule has 4 N–H and O–H groups in total. The van der Waals surface area contributed by atoms with E-state index in [1.165, 1.54) is 0 Å². The third-order valence-corrected chi connectivity index (χ3v) is 2.86. The number of nitrogen functional groups attached to an aromatic ring is 1. The first-order chi connectivity index (χ1) is 7.85. The number of methoxy groups -OCH3 is 1. The number of nitrogens with one attached hydrogen (secondary N) is 2. The number of hydrogen-bond acceptors (Lipinski definition) is 7. The molecule has 0 aromatic carbocycles. The zero-order valence-corrected chi connectivity index (χ0v) is 9.67. The lowest BCUT2D eigenvalue weighted by Crippen LogP contribution is -2.13. The predicted octanol–water partition coefficient (Wildman–Crippen LogP) is 1.04. The summed E-state index contributed by atoms with van der Waals surface area (Å²) in [4.78, 5) is 9.40. The quantitative estimate of drug-likeness (QED) is 0.410. The molecule has 0 amide bonds. The van der Waals surface area contributed by atoms with Gasteiger partial charge in [0.15, 0.2) is 0 Å². The lowest BCUT2D eigenvalue weighted by Gasteiger charge is -2.07. The van der Waals surface area contributed by atoms with Crippen LogP contribution in [0.3, 0.4) is 0 Å². The Morgan fingerprint density at radius 1 is 1.50 bits per heavy atom. The molecule has 86 valence electrons. The molecule has 0 aliphatic rings. The van der Waals surface area contributed by atoms with Crippen LogP contribution >= 0.6 is 11.3 Å². The molecule has 0 spiro atoms. The molecule has 0 saturated carbocycles. The number of nitrogens with two attached hydrogens (primary N) is 1. The Kier molecular flexibility index (Phi) is 3.50. The van der Waals surface area contributed by atoms with E-state index in [2.05, 4.69) is 20.7 Å². The standard InChI is InChI=1S/C9H13N5OS/c1-15-4-3-11-7-6-2-5-16-8(6)13-9(12-7)14-10/h2,5H,3-4,10H2,1H3,(H2,11,12,13,14). The molecule has 16 heavy (non-hydrogen) atoms. The average Bonchev–Trinajstić information content (AvgIpc) is 2.77. The van der Waals surface area contributed by atoms with Crippen molar-refractivity contribution in [1.82, 2.24) is 9.97 Å². The SMILES string of the molecule is COCCNc1nc(NN)nc2sccc12. The second-order valence-corrected chi connectivity index (χ2v) is 3.99. The smallest absolute Gasteiger partial charge is 0.240 e. The van der Waals surface area contributed by atoms with E-state index in [0.717, 1.165) is 16.0 Å². The average molecular weight is 239 g/mol. The van der Waals surface area contributed by atoms with Gasteiger partial charge >= 0.3 is 0 Å². The highest BCUT2D eigenvalue weighted by molar-refractivity contribution is 7.16. The molecule has 7 heteroatoms. The first-order valence-electron chi connectivity index (χ1n) is 4.80. The summed E-state index contributed by atoms with van der Waals surface area (Å²) in [6.45, 7) is 1.32. The second-order valence-electron chi connectivity index (χ2n) is 3.10. The van der Waals surface area contributed by atoms with Gasteiger partial charge in [-0.25, -0.2) is 10.8 Å². The summed E-state index contributed by atoms with van der Waals surface area (Å²) in [6.07, 6.45) is 0. The predicted molar refractivity (Wildman–Crippen MR) is 65.6 cm³/mol. The lowest BCUT2D eigenvalue weighted by molar-refractivity contribution is 0.210. The number of anilines is 2. The molecule has 0 unspecified atom stereocenters. The zero-order valence-electron chi connectivity index (χ0n) is 8.86. The molecule has 0 bridgehead atoms. The van der Waals surface area contributed by atoms with Crippen molar-refractivity contribution in [2.75, 3.05) is 31.0 Å². The number of hydrazine groups is 1. The van der Waals surface area contributed by atoms with Crippen LogP contribution in [0.5, 0.6) is 0 Å². The Bertz CT molecular complexity index is 472. The maximum atomic E-state index is 5.31. The van der Waals surface area contributed by atoms with Crippen molar-refractivity contribution >= 4 is 33.3 Å². The molecule has 0 fully saturated rings. The van der Waals surface area contributed by atoms with Crippen molar-refractivity contribution in [2.24, 2.45) is 5.84 Å². The van der Waals surface area contributed by atoms with Gasteiger partial charge in [0.25, 0.3) is 0 Å². The Balaban J connectivity index is 2.29. The molecule has 0 aliphatic heterocycles. The fourth-order valence-electron chi connectivity index (χ4n) is 1.33. The number of thiophene rings is 1. The maximum Gasteiger partial charge on any atom is 0.240 e. The second kappa shape index (κ2) is 5.06. The topological polar surface area (TPSA) is 85.1 Å². The Hall–Kier alpha value is -1.44. The third-order valence-electron chi connectivity index (χ3n) is 2.05. The van der Waals surface area contributed by atoms with E-state index in [9.17, 15) is 0 Å². The van der Waals surface area contributed by atoms with Crippen LogP contribution in [0.2, 0.25) is 0 Å². The molecule has 2 aromatic heterocycles. The normalized spacial score (nSPS) is 10.6. The molecule has 2 heterocycles. The van der Waals surface area contributed by atoms with Crippen LogP contribution in [-0.4, -0.2) is 30.2 Å². The van der Waals surface area contributed by atoms with Gasteiger partial charge in [0.2, 0.25) is 5.95 Å². The van der Waals surface area contributed by atoms with Gasteiger partial charge in [-0.3, -0.25) is 5.43 Å². The Labute approximate surface area is 96.8 Å². The molecule has 2 aromatic rings. The van der Waals surface area contributed by atoms with Gasteiger partial charge in [-0.1, -0.05) is 0 Å². The number of rotatable bonds is 5. The van der Waals surface area contributed by atoms with E-state index >= 15 is 0 Å². The molecule has 0 radical (unpaired) electrons. The molecular formula is C9H13N5OS. The highest BCUT2D eigenvalue weighted by atomic mass is 32.1. The maximum absolute atomic E-state index is 5.31. The summed E-state index contributed by atoms with van der Waals surface area (Å²) < 4.78 is 4.97. The molecule has 0 saturated heterocycles. The van der Waals surface area contributed by atoms with Crippen molar-refractivity contribution in [3.8, 4) is 0 Å². The fraction of sp³-hybridized carbons (Fsp3) is 0.333. The van der Waals surface area contributed by atoms with Gasteiger partial charge in [0, 0.05) is 13.7 Å². The third kappa shape index (κ3) is 2.21. The highest BCUT2D eigenvalue weighted by Crippen LogP contribution is 2.25. The number of aromatic nitrogens is 2. The Morgan fingerprint density at radius 3 is 3.12 bits per heavy atom. The summed E-state index contributed by atoms with van der Waals surface area (Å²) in [6, 6.07) is 1.98. The summed E-state index contributed by atoms with van der Waals surface area (Å²) in [5, 5.41) is 6.16. The van der Waals surface area contributed by atoms with E-state index in [0.29, 0.717) is 19.1 Å². The molecule has 0 atom stereocenters. The molecule has 0 aliphatic carbocycles. The van der Waals surface area contributed by atoms with Gasteiger partial charge < -0.3 is 10.1 Å². The van der Waals surface area contributed by atoms with Crippen molar-refractivity contribution in [2.45, 2.75) is 0 Å². The van der Waals surface area contributed by atoms with Crippen LogP contribution in [0.1, 0.15) is 0 Å². The molecule has 2 rings (SSSR count).